The fourth-order valence-electron chi connectivity index (χ4n) is 1.82. The van der Waals surface area contributed by atoms with Gasteiger partial charge in [-0.3, -0.25) is 10.2 Å². The van der Waals surface area contributed by atoms with Crippen molar-refractivity contribution in [3.8, 4) is 5.75 Å². The molecule has 1 fully saturated rings. The maximum Gasteiger partial charge on any atom is 0.326 e. The van der Waals surface area contributed by atoms with Gasteiger partial charge >= 0.3 is 10.2 Å². The average molecular weight is 329 g/mol. The average Bonchev–Trinajstić information content (AvgIpc) is 2.69. The molecule has 4 N–H and O–H groups in total. The Morgan fingerprint density at radius 1 is 1.59 bits per heavy atom. The summed E-state index contributed by atoms with van der Waals surface area (Å²) in [5.74, 6) is -3.18. The predicted octanol–water partition coefficient (Wildman–Crippen LogP) is -0.715. The number of amidine groups is 1. The van der Waals surface area contributed by atoms with E-state index in [1.54, 1.807) is 4.72 Å². The van der Waals surface area contributed by atoms with Crippen molar-refractivity contribution in [2.24, 2.45) is 4.99 Å². The van der Waals surface area contributed by atoms with Crippen molar-refractivity contribution < 1.29 is 22.7 Å². The fraction of sp³-hybridized carbons (Fsp3) is 0.182. The molecule has 1 aromatic carbocycles. The van der Waals surface area contributed by atoms with Crippen molar-refractivity contribution in [3.05, 3.63) is 23.5 Å². The summed E-state index contributed by atoms with van der Waals surface area (Å²) in [6.45, 7) is -0.663. The largest absolute Gasteiger partial charge is 0.506 e. The Hall–Kier alpha value is -2.69. The molecule has 9 nitrogen and oxygen atoms in total. The molecule has 0 spiro atoms. The number of aliphatic imine (C=N–C) groups is 1. The third kappa shape index (κ3) is 2.70. The number of hydrogen-bond acceptors (Lipinski definition) is 5. The molecular weight excluding hydrogens is 317 g/mol. The molecule has 2 rings (SSSR count). The molecule has 118 valence electrons. The number of carbonyl (C=O) groups excluding carboxylic acids is 1. The van der Waals surface area contributed by atoms with Crippen molar-refractivity contribution in [1.82, 2.24) is 10.0 Å². The van der Waals surface area contributed by atoms with Crippen LogP contribution in [-0.4, -0.2) is 45.2 Å². The summed E-state index contributed by atoms with van der Waals surface area (Å²) >= 11 is 0. The van der Waals surface area contributed by atoms with Gasteiger partial charge in [-0.05, 0) is 12.1 Å². The van der Waals surface area contributed by atoms with Crippen LogP contribution in [0.25, 0.3) is 0 Å². The summed E-state index contributed by atoms with van der Waals surface area (Å²) in [7, 11) is -2.75. The highest BCUT2D eigenvalue weighted by Gasteiger charge is 2.38. The van der Waals surface area contributed by atoms with Crippen LogP contribution < -0.4 is 14.3 Å². The molecule has 22 heavy (non-hydrogen) atoms. The van der Waals surface area contributed by atoms with Crippen LogP contribution in [0.3, 0.4) is 0 Å². The summed E-state index contributed by atoms with van der Waals surface area (Å²) < 4.78 is 40.1. The molecule has 0 aliphatic carbocycles. The summed E-state index contributed by atoms with van der Waals surface area (Å²) in [5.41, 5.74) is -1.03. The lowest BCUT2D eigenvalue weighted by Crippen LogP contribution is -2.30. The Balaban J connectivity index is 2.56. The number of hydrogen-bond donors (Lipinski definition) is 4. The van der Waals surface area contributed by atoms with E-state index < -0.39 is 45.8 Å². The summed E-state index contributed by atoms with van der Waals surface area (Å²) in [5, 5.41) is 19.9. The monoisotopic (exact) mass is 329 g/mol. The maximum absolute atomic E-state index is 14.5. The van der Waals surface area contributed by atoms with Crippen molar-refractivity contribution in [2.45, 2.75) is 0 Å². The number of nitrogens with one attached hydrogen (secondary N) is 3. The summed E-state index contributed by atoms with van der Waals surface area (Å²) in [4.78, 5) is 14.8. The lowest BCUT2D eigenvalue weighted by Gasteiger charge is -2.18. The fourth-order valence-corrected chi connectivity index (χ4v) is 2.98. The van der Waals surface area contributed by atoms with Crippen molar-refractivity contribution in [2.75, 3.05) is 17.9 Å². The second-order valence-electron chi connectivity index (χ2n) is 4.23. The van der Waals surface area contributed by atoms with Gasteiger partial charge in [0.2, 0.25) is 0 Å². The maximum atomic E-state index is 14.5. The number of phenols is 1. The van der Waals surface area contributed by atoms with Gasteiger partial charge in [-0.2, -0.15) is 8.42 Å². The molecule has 0 saturated carbocycles. The molecule has 11 heteroatoms. The number of aromatic hydroxyl groups is 1. The van der Waals surface area contributed by atoms with Crippen LogP contribution in [0.1, 0.15) is 5.56 Å². The molecule has 1 saturated heterocycles. The number of amides is 1. The third-order valence-corrected chi connectivity index (χ3v) is 4.12. The molecule has 1 aromatic rings. The minimum absolute atomic E-state index is 0.325. The minimum Gasteiger partial charge on any atom is -0.506 e. The smallest absolute Gasteiger partial charge is 0.326 e. The van der Waals surface area contributed by atoms with Gasteiger partial charge in [0.1, 0.15) is 18.0 Å². The molecule has 0 unspecified atom stereocenters. The Labute approximate surface area is 125 Å². The molecule has 0 atom stereocenters. The molecular formula is C11H12FN5O4S. The van der Waals surface area contributed by atoms with Crippen LogP contribution in [0.15, 0.2) is 17.1 Å². The Kier molecular flexibility index (Phi) is 3.99. The van der Waals surface area contributed by atoms with E-state index in [-0.39, 0.29) is 5.56 Å². The second kappa shape index (κ2) is 5.60. The lowest BCUT2D eigenvalue weighted by atomic mass is 10.1. The van der Waals surface area contributed by atoms with E-state index in [9.17, 15) is 22.7 Å². The van der Waals surface area contributed by atoms with Crippen LogP contribution in [-0.2, 0) is 15.0 Å². The minimum atomic E-state index is -4.28. The topological polar surface area (TPSA) is 135 Å². The van der Waals surface area contributed by atoms with E-state index in [0.717, 1.165) is 18.5 Å². The van der Waals surface area contributed by atoms with Gasteiger partial charge in [0, 0.05) is 7.05 Å². The lowest BCUT2D eigenvalue weighted by molar-refractivity contribution is -0.117. The zero-order valence-corrected chi connectivity index (χ0v) is 12.1. The van der Waals surface area contributed by atoms with E-state index in [2.05, 4.69) is 10.3 Å². The van der Waals surface area contributed by atoms with Gasteiger partial charge in [0.05, 0.1) is 11.9 Å². The molecule has 1 heterocycles. The first-order valence-electron chi connectivity index (χ1n) is 5.91. The van der Waals surface area contributed by atoms with Crippen molar-refractivity contribution >= 4 is 34.0 Å². The van der Waals surface area contributed by atoms with Gasteiger partial charge in [-0.15, -0.1) is 0 Å². The number of phenolic OH excluding ortho intramolecular Hbond substituents is 1. The number of carbonyl (C=O) groups is 1. The predicted molar refractivity (Wildman–Crippen MR) is 76.9 cm³/mol. The quantitative estimate of drug-likeness (QED) is 0.429. The van der Waals surface area contributed by atoms with Gasteiger partial charge in [0.15, 0.2) is 11.7 Å². The number of halogens is 1. The highest BCUT2D eigenvalue weighted by molar-refractivity contribution is 7.92. The molecule has 0 bridgehead atoms. The summed E-state index contributed by atoms with van der Waals surface area (Å²) in [6.07, 6.45) is 1.14. The molecule has 0 radical (unpaired) electrons. The van der Waals surface area contributed by atoms with Gasteiger partial charge in [0.25, 0.3) is 5.91 Å². The first-order valence-corrected chi connectivity index (χ1v) is 7.35. The molecule has 1 aliphatic rings. The SMILES string of the molecule is CN/C=N\C(=N)c1ccc(O)c(N2CC(=O)NS2(=O)=O)c1F. The number of rotatable bonds is 3. The Morgan fingerprint density at radius 2 is 2.27 bits per heavy atom. The van der Waals surface area contributed by atoms with E-state index in [0.29, 0.717) is 4.31 Å². The van der Waals surface area contributed by atoms with Gasteiger partial charge in [-0.25, -0.2) is 18.4 Å². The van der Waals surface area contributed by atoms with Crippen LogP contribution in [0.2, 0.25) is 0 Å². The van der Waals surface area contributed by atoms with Crippen molar-refractivity contribution in [1.29, 1.82) is 5.41 Å². The zero-order valence-electron chi connectivity index (χ0n) is 11.3. The number of anilines is 1. The second-order valence-corrected chi connectivity index (χ2v) is 5.82. The highest BCUT2D eigenvalue weighted by Crippen LogP contribution is 2.35. The van der Waals surface area contributed by atoms with Gasteiger partial charge < -0.3 is 10.4 Å². The normalized spacial score (nSPS) is 16.8. The standard InChI is InChI=1S/C11H12FN5O4S/c1-14-5-15-11(13)6-2-3-7(18)10(9(6)12)17-4-8(19)16-22(17,20)21/h2-3,5,18H,4H2,1H3,(H,16,19)(H2,13,14,15). The highest BCUT2D eigenvalue weighted by atomic mass is 32.2. The Morgan fingerprint density at radius 3 is 2.82 bits per heavy atom. The van der Waals surface area contributed by atoms with E-state index in [1.165, 1.54) is 7.05 Å². The Bertz CT molecular complexity index is 777. The summed E-state index contributed by atoms with van der Waals surface area (Å²) in [6, 6.07) is 2.11. The van der Waals surface area contributed by atoms with Crippen LogP contribution in [0, 0.1) is 11.2 Å². The number of benzene rings is 1. The van der Waals surface area contributed by atoms with E-state index >= 15 is 0 Å². The number of nitrogens with zero attached hydrogens (tertiary/aromatic N) is 2. The van der Waals surface area contributed by atoms with Crippen LogP contribution in [0.5, 0.6) is 5.75 Å². The molecule has 1 aliphatic heterocycles. The first kappa shape index (κ1) is 15.7. The van der Waals surface area contributed by atoms with Crippen LogP contribution >= 0.6 is 0 Å². The molecule has 0 aromatic heterocycles. The van der Waals surface area contributed by atoms with Crippen molar-refractivity contribution in [3.63, 3.8) is 0 Å². The zero-order chi connectivity index (χ0) is 16.5. The van der Waals surface area contributed by atoms with E-state index in [1.807, 2.05) is 0 Å². The third-order valence-electron chi connectivity index (χ3n) is 2.74. The molecule has 1 amide bonds. The first-order chi connectivity index (χ1) is 10.3. The van der Waals surface area contributed by atoms with E-state index in [4.69, 9.17) is 5.41 Å². The van der Waals surface area contributed by atoms with Crippen LogP contribution in [0.4, 0.5) is 10.1 Å². The van der Waals surface area contributed by atoms with Gasteiger partial charge in [-0.1, -0.05) is 0 Å².